The second kappa shape index (κ2) is 5.53. The molecule has 21 heavy (non-hydrogen) atoms. The first-order valence-corrected chi connectivity index (χ1v) is 7.56. The van der Waals surface area contributed by atoms with Crippen molar-refractivity contribution in [3.05, 3.63) is 53.3 Å². The number of hydrogen-bond acceptors (Lipinski definition) is 4. The van der Waals surface area contributed by atoms with Crippen molar-refractivity contribution in [3.8, 4) is 0 Å². The summed E-state index contributed by atoms with van der Waals surface area (Å²) < 4.78 is 26.8. The summed E-state index contributed by atoms with van der Waals surface area (Å²) in [5, 5.41) is 8.87. The van der Waals surface area contributed by atoms with Gasteiger partial charge in [-0.3, -0.25) is 9.71 Å². The summed E-state index contributed by atoms with van der Waals surface area (Å²) >= 11 is 0. The number of hydrogen-bond donors (Lipinski definition) is 2. The minimum absolute atomic E-state index is 0.0877. The van der Waals surface area contributed by atoms with Gasteiger partial charge in [0.05, 0.1) is 22.3 Å². The highest BCUT2D eigenvalue weighted by Gasteiger charge is 2.16. The molecule has 1 aromatic carbocycles. The Hall–Kier alpha value is -2.41. The first kappa shape index (κ1) is 15.0. The number of aryl methyl sites for hydroxylation is 2. The van der Waals surface area contributed by atoms with Crippen molar-refractivity contribution < 1.29 is 18.3 Å². The third-order valence-electron chi connectivity index (χ3n) is 3.03. The number of pyridine rings is 1. The molecule has 0 spiro atoms. The summed E-state index contributed by atoms with van der Waals surface area (Å²) in [4.78, 5) is 14.7. The first-order chi connectivity index (χ1) is 9.79. The van der Waals surface area contributed by atoms with Crippen LogP contribution in [-0.2, 0) is 10.0 Å². The van der Waals surface area contributed by atoms with Crippen LogP contribution in [0.15, 0.2) is 41.6 Å². The zero-order valence-electron chi connectivity index (χ0n) is 11.5. The van der Waals surface area contributed by atoms with Gasteiger partial charge in [0.1, 0.15) is 0 Å². The molecular weight excluding hydrogens is 292 g/mol. The Morgan fingerprint density at radius 1 is 1.14 bits per heavy atom. The third kappa shape index (κ3) is 3.38. The fourth-order valence-electron chi connectivity index (χ4n) is 1.71. The minimum atomic E-state index is -3.78. The molecule has 0 saturated carbocycles. The van der Waals surface area contributed by atoms with Crippen molar-refractivity contribution in [2.24, 2.45) is 0 Å². The predicted octanol–water partition coefficient (Wildman–Crippen LogP) is 2.20. The van der Waals surface area contributed by atoms with Crippen molar-refractivity contribution in [3.63, 3.8) is 0 Å². The number of benzene rings is 1. The van der Waals surface area contributed by atoms with Crippen LogP contribution in [0.5, 0.6) is 0 Å². The number of rotatable bonds is 4. The van der Waals surface area contributed by atoms with E-state index < -0.39 is 16.0 Å². The number of nitrogens with one attached hydrogen (secondary N) is 1. The van der Waals surface area contributed by atoms with E-state index in [0.29, 0.717) is 0 Å². The number of nitrogens with zero attached hydrogens (tertiary/aromatic N) is 1. The zero-order valence-corrected chi connectivity index (χ0v) is 12.3. The van der Waals surface area contributed by atoms with Crippen LogP contribution in [0.25, 0.3) is 0 Å². The van der Waals surface area contributed by atoms with Gasteiger partial charge in [-0.05, 0) is 43.2 Å². The molecular formula is C14H14N2O4S. The van der Waals surface area contributed by atoms with Gasteiger partial charge in [0.15, 0.2) is 0 Å². The molecule has 0 bridgehead atoms. The lowest BCUT2D eigenvalue weighted by Gasteiger charge is -2.09. The van der Waals surface area contributed by atoms with Crippen LogP contribution in [0, 0.1) is 13.8 Å². The number of carboxylic acid groups (broad SMARTS) is 1. The Bertz CT molecular complexity index is 800. The minimum Gasteiger partial charge on any atom is -0.478 e. The summed E-state index contributed by atoms with van der Waals surface area (Å²) in [6, 6.07) is 6.00. The fraction of sp³-hybridized carbons (Fsp3) is 0.143. The highest BCUT2D eigenvalue weighted by molar-refractivity contribution is 7.92. The molecule has 1 heterocycles. The largest absolute Gasteiger partial charge is 0.478 e. The summed E-state index contributed by atoms with van der Waals surface area (Å²) in [6.45, 7) is 3.71. The normalized spacial score (nSPS) is 11.1. The lowest BCUT2D eigenvalue weighted by atomic mass is 10.1. The topological polar surface area (TPSA) is 96.4 Å². The highest BCUT2D eigenvalue weighted by Crippen LogP contribution is 2.19. The summed E-state index contributed by atoms with van der Waals surface area (Å²) in [5.41, 5.74) is 1.86. The van der Waals surface area contributed by atoms with E-state index in [9.17, 15) is 13.2 Å². The molecule has 0 saturated heterocycles. The van der Waals surface area contributed by atoms with Crippen LogP contribution in [-0.4, -0.2) is 24.5 Å². The molecule has 0 aliphatic rings. The maximum absolute atomic E-state index is 12.3. The Kier molecular flexibility index (Phi) is 3.95. The fourth-order valence-corrected chi connectivity index (χ4v) is 2.83. The zero-order chi connectivity index (χ0) is 15.6. The average molecular weight is 306 g/mol. The average Bonchev–Trinajstić information content (AvgIpc) is 2.41. The molecule has 2 rings (SSSR count). The summed E-state index contributed by atoms with van der Waals surface area (Å²) in [6.07, 6.45) is 2.40. The number of aromatic carboxylic acids is 1. The molecule has 0 aliphatic heterocycles. The SMILES string of the molecule is Cc1ccc(S(=O)(=O)Nc2cncc(C(=O)O)c2)cc1C. The van der Waals surface area contributed by atoms with E-state index >= 15 is 0 Å². The van der Waals surface area contributed by atoms with Gasteiger partial charge >= 0.3 is 5.97 Å². The molecule has 0 amide bonds. The first-order valence-electron chi connectivity index (χ1n) is 6.08. The standard InChI is InChI=1S/C14H14N2O4S/c1-9-3-4-13(5-10(9)2)21(19,20)16-12-6-11(14(17)18)7-15-8-12/h3-8,16H,1-2H3,(H,17,18). The van der Waals surface area contributed by atoms with E-state index in [-0.39, 0.29) is 16.1 Å². The number of anilines is 1. The Morgan fingerprint density at radius 2 is 1.86 bits per heavy atom. The number of sulfonamides is 1. The van der Waals surface area contributed by atoms with Gasteiger partial charge in [-0.25, -0.2) is 13.2 Å². The van der Waals surface area contributed by atoms with Crippen molar-refractivity contribution in [1.29, 1.82) is 0 Å². The van der Waals surface area contributed by atoms with Crippen LogP contribution in [0.1, 0.15) is 21.5 Å². The number of carboxylic acids is 1. The molecule has 110 valence electrons. The maximum atomic E-state index is 12.3. The van der Waals surface area contributed by atoms with E-state index in [1.807, 2.05) is 13.8 Å². The molecule has 0 radical (unpaired) electrons. The Morgan fingerprint density at radius 3 is 2.48 bits per heavy atom. The lowest BCUT2D eigenvalue weighted by Crippen LogP contribution is -2.14. The maximum Gasteiger partial charge on any atom is 0.337 e. The van der Waals surface area contributed by atoms with Gasteiger partial charge in [0.2, 0.25) is 0 Å². The molecule has 7 heteroatoms. The van der Waals surface area contributed by atoms with Crippen LogP contribution in [0.4, 0.5) is 5.69 Å². The molecule has 1 aromatic heterocycles. The smallest absolute Gasteiger partial charge is 0.337 e. The van der Waals surface area contributed by atoms with Gasteiger partial charge < -0.3 is 5.11 Å². The van der Waals surface area contributed by atoms with E-state index in [4.69, 9.17) is 5.11 Å². The monoisotopic (exact) mass is 306 g/mol. The van der Waals surface area contributed by atoms with Crippen molar-refractivity contribution in [2.45, 2.75) is 18.7 Å². The van der Waals surface area contributed by atoms with Crippen LogP contribution in [0.2, 0.25) is 0 Å². The van der Waals surface area contributed by atoms with Crippen molar-refractivity contribution in [1.82, 2.24) is 4.98 Å². The van der Waals surface area contributed by atoms with Crippen LogP contribution < -0.4 is 4.72 Å². The molecule has 0 atom stereocenters. The molecule has 2 N–H and O–H groups in total. The predicted molar refractivity (Wildman–Crippen MR) is 77.9 cm³/mol. The third-order valence-corrected chi connectivity index (χ3v) is 4.41. The van der Waals surface area contributed by atoms with E-state index in [2.05, 4.69) is 9.71 Å². The number of carbonyl (C=O) groups is 1. The van der Waals surface area contributed by atoms with Gasteiger partial charge in [-0.2, -0.15) is 0 Å². The van der Waals surface area contributed by atoms with Crippen molar-refractivity contribution in [2.75, 3.05) is 4.72 Å². The molecule has 0 fully saturated rings. The van der Waals surface area contributed by atoms with Crippen LogP contribution >= 0.6 is 0 Å². The van der Waals surface area contributed by atoms with Gasteiger partial charge in [0.25, 0.3) is 10.0 Å². The highest BCUT2D eigenvalue weighted by atomic mass is 32.2. The second-order valence-corrected chi connectivity index (χ2v) is 6.30. The Labute approximate surface area is 122 Å². The summed E-state index contributed by atoms with van der Waals surface area (Å²) in [7, 11) is -3.78. The van der Waals surface area contributed by atoms with Crippen molar-refractivity contribution >= 4 is 21.7 Å². The summed E-state index contributed by atoms with van der Waals surface area (Å²) in [5.74, 6) is -1.17. The lowest BCUT2D eigenvalue weighted by molar-refractivity contribution is 0.0696. The molecule has 0 aliphatic carbocycles. The van der Waals surface area contributed by atoms with Crippen LogP contribution in [0.3, 0.4) is 0 Å². The molecule has 2 aromatic rings. The van der Waals surface area contributed by atoms with Gasteiger partial charge in [0, 0.05) is 6.20 Å². The van der Waals surface area contributed by atoms with E-state index in [1.54, 1.807) is 12.1 Å². The second-order valence-electron chi connectivity index (χ2n) is 4.62. The molecule has 6 nitrogen and oxygen atoms in total. The quantitative estimate of drug-likeness (QED) is 0.902. The number of aromatic nitrogens is 1. The van der Waals surface area contributed by atoms with Gasteiger partial charge in [-0.15, -0.1) is 0 Å². The van der Waals surface area contributed by atoms with Gasteiger partial charge in [-0.1, -0.05) is 6.07 Å². The Balaban J connectivity index is 2.35. The van der Waals surface area contributed by atoms with E-state index in [1.165, 1.54) is 18.3 Å². The molecule has 0 unspecified atom stereocenters. The van der Waals surface area contributed by atoms with E-state index in [0.717, 1.165) is 17.3 Å².